The summed E-state index contributed by atoms with van der Waals surface area (Å²) >= 11 is 0. The van der Waals surface area contributed by atoms with E-state index in [0.29, 0.717) is 0 Å². The van der Waals surface area contributed by atoms with Crippen LogP contribution in [0.15, 0.2) is 48.5 Å². The summed E-state index contributed by atoms with van der Waals surface area (Å²) in [5.41, 5.74) is 3.56. The van der Waals surface area contributed by atoms with Crippen molar-refractivity contribution in [1.29, 1.82) is 0 Å². The fraction of sp³-hybridized carbons (Fsp3) is 0.263. The predicted octanol–water partition coefficient (Wildman–Crippen LogP) is 4.63. The molecule has 0 fully saturated rings. The number of urea groups is 1. The Labute approximate surface area is 147 Å². The molecule has 1 aromatic heterocycles. The van der Waals surface area contributed by atoms with E-state index in [2.05, 4.69) is 27.8 Å². The van der Waals surface area contributed by atoms with Crippen molar-refractivity contribution in [3.05, 3.63) is 54.1 Å². The third kappa shape index (κ3) is 4.29. The molecule has 0 saturated heterocycles. The van der Waals surface area contributed by atoms with Crippen LogP contribution in [0.4, 0.5) is 16.2 Å². The van der Waals surface area contributed by atoms with Gasteiger partial charge in [0.1, 0.15) is 0 Å². The minimum absolute atomic E-state index is 0.257. The first kappa shape index (κ1) is 16.8. The molecule has 0 radical (unpaired) electrons. The first-order valence-corrected chi connectivity index (χ1v) is 8.52. The van der Waals surface area contributed by atoms with Gasteiger partial charge in [-0.25, -0.2) is 9.59 Å². The molecule has 3 aromatic rings. The molecular formula is C19H23N5O. The van der Waals surface area contributed by atoms with E-state index in [1.807, 2.05) is 60.3 Å². The monoisotopic (exact) mass is 337 g/mol. The van der Waals surface area contributed by atoms with E-state index in [1.165, 1.54) is 0 Å². The van der Waals surface area contributed by atoms with Gasteiger partial charge < -0.3 is 10.6 Å². The molecule has 1 heterocycles. The third-order valence-electron chi connectivity index (χ3n) is 3.99. The number of nitrogens with zero attached hydrogens (tertiary/aromatic N) is 2. The number of carbonyl (C=O) groups excluding carboxylic acids is 1. The molecule has 0 atom stereocenters. The molecule has 0 aliphatic heterocycles. The highest BCUT2D eigenvalue weighted by atomic mass is 16.2. The molecule has 0 unspecified atom stereocenters. The molecule has 0 saturated carbocycles. The first-order valence-electron chi connectivity index (χ1n) is 8.52. The number of aromatic amines is 1. The van der Waals surface area contributed by atoms with Crippen LogP contribution in [0.1, 0.15) is 25.3 Å². The molecule has 6 nitrogen and oxygen atoms in total. The number of para-hydroxylation sites is 1. The minimum Gasteiger partial charge on any atom is -0.308 e. The third-order valence-corrected chi connectivity index (χ3v) is 3.99. The zero-order chi connectivity index (χ0) is 17.6. The van der Waals surface area contributed by atoms with Gasteiger partial charge in [-0.2, -0.15) is 0 Å². The van der Waals surface area contributed by atoms with Crippen LogP contribution in [0.3, 0.4) is 0 Å². The highest BCUT2D eigenvalue weighted by Gasteiger charge is 2.08. The molecule has 25 heavy (non-hydrogen) atoms. The molecule has 0 aliphatic carbocycles. The molecule has 3 N–H and O–H groups in total. The van der Waals surface area contributed by atoms with Gasteiger partial charge in [0.15, 0.2) is 5.82 Å². The Hall–Kier alpha value is -3.02. The van der Waals surface area contributed by atoms with Crippen molar-refractivity contribution in [1.82, 2.24) is 15.0 Å². The second-order valence-corrected chi connectivity index (χ2v) is 6.01. The highest BCUT2D eigenvalue weighted by Crippen LogP contribution is 2.19. The van der Waals surface area contributed by atoms with E-state index in [-0.39, 0.29) is 6.03 Å². The number of hydrogen-bond acceptors (Lipinski definition) is 2. The Kier molecular flexibility index (Phi) is 5.18. The van der Waals surface area contributed by atoms with Crippen LogP contribution >= 0.6 is 0 Å². The van der Waals surface area contributed by atoms with Crippen molar-refractivity contribution in [2.24, 2.45) is 0 Å². The van der Waals surface area contributed by atoms with Gasteiger partial charge in [-0.1, -0.05) is 31.5 Å². The lowest BCUT2D eigenvalue weighted by molar-refractivity contribution is 0.262. The molecule has 0 bridgehead atoms. The number of nitrogens with one attached hydrogen (secondary N) is 3. The quantitative estimate of drug-likeness (QED) is 0.613. The van der Waals surface area contributed by atoms with Gasteiger partial charge in [0.05, 0.1) is 6.54 Å². The van der Waals surface area contributed by atoms with E-state index >= 15 is 0 Å². The normalized spacial score (nSPS) is 10.6. The van der Waals surface area contributed by atoms with Crippen molar-refractivity contribution < 1.29 is 4.79 Å². The lowest BCUT2D eigenvalue weighted by Crippen LogP contribution is -2.20. The van der Waals surface area contributed by atoms with Gasteiger partial charge in [-0.05, 0) is 49.2 Å². The van der Waals surface area contributed by atoms with Crippen molar-refractivity contribution in [3.8, 4) is 11.4 Å². The Bertz CT molecular complexity index is 820. The molecular weight excluding hydrogens is 314 g/mol. The average molecular weight is 337 g/mol. The smallest absolute Gasteiger partial charge is 0.308 e. The van der Waals surface area contributed by atoms with Gasteiger partial charge >= 0.3 is 6.03 Å². The van der Waals surface area contributed by atoms with E-state index < -0.39 is 0 Å². The summed E-state index contributed by atoms with van der Waals surface area (Å²) in [6.07, 6.45) is 2.26. The number of hydrogen-bond donors (Lipinski definition) is 3. The number of carbonyl (C=O) groups is 1. The number of unbranched alkanes of at least 4 members (excludes halogenated alkanes) is 1. The summed E-state index contributed by atoms with van der Waals surface area (Å²) in [6.45, 7) is 5.03. The Morgan fingerprint density at radius 2 is 1.84 bits per heavy atom. The van der Waals surface area contributed by atoms with E-state index in [4.69, 9.17) is 0 Å². The van der Waals surface area contributed by atoms with E-state index in [9.17, 15) is 4.79 Å². The summed E-state index contributed by atoms with van der Waals surface area (Å²) in [6, 6.07) is 15.0. The number of amides is 2. The number of anilines is 2. The minimum atomic E-state index is -0.257. The zero-order valence-electron chi connectivity index (χ0n) is 14.5. The van der Waals surface area contributed by atoms with Crippen molar-refractivity contribution in [2.75, 3.05) is 10.6 Å². The number of rotatable bonds is 6. The molecule has 2 amide bonds. The maximum absolute atomic E-state index is 12.1. The summed E-state index contributed by atoms with van der Waals surface area (Å²) in [4.78, 5) is 13.9. The topological polar surface area (TPSA) is 74.7 Å². The number of H-pyrrole nitrogens is 1. The maximum atomic E-state index is 12.1. The SMILES string of the molecule is CCCCn1nc(-c2ccc(NC(=O)Nc3ccccc3C)cc2)[nH]1. The van der Waals surface area contributed by atoms with Crippen molar-refractivity contribution >= 4 is 17.4 Å². The van der Waals surface area contributed by atoms with Crippen molar-refractivity contribution in [2.45, 2.75) is 33.2 Å². The van der Waals surface area contributed by atoms with Crippen LogP contribution in [0.5, 0.6) is 0 Å². The summed E-state index contributed by atoms with van der Waals surface area (Å²) < 4.78 is 0. The Balaban J connectivity index is 1.57. The fourth-order valence-corrected chi connectivity index (χ4v) is 2.49. The second kappa shape index (κ2) is 7.70. The largest absolute Gasteiger partial charge is 0.323 e. The summed E-state index contributed by atoms with van der Waals surface area (Å²) in [5, 5.41) is 13.3. The zero-order valence-corrected chi connectivity index (χ0v) is 14.5. The average Bonchev–Trinajstić information content (AvgIpc) is 2.57. The van der Waals surface area contributed by atoms with Crippen LogP contribution in [0, 0.1) is 6.92 Å². The molecule has 3 rings (SSSR count). The number of aromatic nitrogens is 3. The van der Waals surface area contributed by atoms with E-state index in [0.717, 1.165) is 47.7 Å². The lowest BCUT2D eigenvalue weighted by Gasteiger charge is -2.14. The summed E-state index contributed by atoms with van der Waals surface area (Å²) in [7, 11) is 0. The fourth-order valence-electron chi connectivity index (χ4n) is 2.49. The molecule has 0 aliphatic rings. The molecule has 2 aromatic carbocycles. The predicted molar refractivity (Wildman–Crippen MR) is 101 cm³/mol. The standard InChI is InChI=1S/C19H23N5O/c1-3-4-13-24-22-18(23-24)15-9-11-16(12-10-15)20-19(25)21-17-8-6-5-7-14(17)2/h5-12H,3-4,13H2,1-2H3,(H,22,23)(H2,20,21,25). The second-order valence-electron chi connectivity index (χ2n) is 6.01. The van der Waals surface area contributed by atoms with Gasteiger partial charge in [0.2, 0.25) is 0 Å². The van der Waals surface area contributed by atoms with Gasteiger partial charge in [-0.3, -0.25) is 5.10 Å². The van der Waals surface area contributed by atoms with E-state index in [1.54, 1.807) is 0 Å². The number of benzene rings is 2. The molecule has 6 heteroatoms. The Morgan fingerprint density at radius 3 is 2.52 bits per heavy atom. The van der Waals surface area contributed by atoms with Crippen LogP contribution < -0.4 is 10.6 Å². The summed E-state index contributed by atoms with van der Waals surface area (Å²) in [5.74, 6) is 0.854. The Morgan fingerprint density at radius 1 is 1.12 bits per heavy atom. The highest BCUT2D eigenvalue weighted by molar-refractivity contribution is 6.00. The van der Waals surface area contributed by atoms with Crippen LogP contribution in [-0.2, 0) is 6.54 Å². The maximum Gasteiger partial charge on any atom is 0.323 e. The lowest BCUT2D eigenvalue weighted by atomic mass is 10.2. The molecule has 130 valence electrons. The molecule has 0 spiro atoms. The van der Waals surface area contributed by atoms with Gasteiger partial charge in [0, 0.05) is 16.9 Å². The van der Waals surface area contributed by atoms with Gasteiger partial charge in [-0.15, -0.1) is 5.10 Å². The number of aryl methyl sites for hydroxylation is 2. The van der Waals surface area contributed by atoms with Crippen LogP contribution in [-0.4, -0.2) is 21.0 Å². The van der Waals surface area contributed by atoms with Crippen LogP contribution in [0.25, 0.3) is 11.4 Å². The van der Waals surface area contributed by atoms with Crippen LogP contribution in [0.2, 0.25) is 0 Å². The van der Waals surface area contributed by atoms with Gasteiger partial charge in [0.25, 0.3) is 0 Å². The van der Waals surface area contributed by atoms with Crippen molar-refractivity contribution in [3.63, 3.8) is 0 Å². The first-order chi connectivity index (χ1) is 12.2.